The van der Waals surface area contributed by atoms with Crippen LogP contribution < -0.4 is 0 Å². The summed E-state index contributed by atoms with van der Waals surface area (Å²) in [4.78, 5) is 40.6. The van der Waals surface area contributed by atoms with Crippen LogP contribution >= 0.6 is 0 Å². The van der Waals surface area contributed by atoms with Gasteiger partial charge in [-0.05, 0) is 89.0 Å². The third-order valence-electron chi connectivity index (χ3n) is 7.20. The number of aromatic nitrogens is 1. The standard InChI is InChI=1S/C22H29NO4/c1-10-18(12(3)24)11(2)23-20(10)21(25)13(4)27-22(26)19-16-6-14-5-15(8-16)9-17(19)7-14/h13-17,19,23H,5-9H2,1-4H3/t13-,14?,15?,16?,17?,19?/m1/s1. The summed E-state index contributed by atoms with van der Waals surface area (Å²) in [6.45, 7) is 6.68. The number of aryl methyl sites for hydroxylation is 1. The molecule has 0 radical (unpaired) electrons. The van der Waals surface area contributed by atoms with Crippen LogP contribution in [0.25, 0.3) is 0 Å². The second-order valence-corrected chi connectivity index (χ2v) is 9.08. The summed E-state index contributed by atoms with van der Waals surface area (Å²) in [6.07, 6.45) is 5.08. The van der Waals surface area contributed by atoms with Gasteiger partial charge < -0.3 is 9.72 Å². The minimum Gasteiger partial charge on any atom is -0.454 e. The molecule has 1 N–H and O–H groups in total. The fraction of sp³-hybridized carbons (Fsp3) is 0.682. The predicted molar refractivity (Wildman–Crippen MR) is 101 cm³/mol. The van der Waals surface area contributed by atoms with Crippen LogP contribution in [-0.2, 0) is 9.53 Å². The number of hydrogen-bond acceptors (Lipinski definition) is 4. The quantitative estimate of drug-likeness (QED) is 0.626. The first-order valence-electron chi connectivity index (χ1n) is 10.2. The Bertz CT molecular complexity index is 777. The average molecular weight is 371 g/mol. The Labute approximate surface area is 160 Å². The van der Waals surface area contributed by atoms with Gasteiger partial charge in [0, 0.05) is 11.3 Å². The van der Waals surface area contributed by atoms with Crippen LogP contribution in [0.1, 0.15) is 78.1 Å². The Morgan fingerprint density at radius 2 is 1.56 bits per heavy atom. The molecule has 1 aromatic heterocycles. The fourth-order valence-corrected chi connectivity index (χ4v) is 6.34. The van der Waals surface area contributed by atoms with E-state index in [1.54, 1.807) is 20.8 Å². The van der Waals surface area contributed by atoms with Crippen LogP contribution in [-0.4, -0.2) is 28.6 Å². The molecule has 0 aromatic carbocycles. The molecule has 4 aliphatic rings. The number of carbonyl (C=O) groups excluding carboxylic acids is 3. The van der Waals surface area contributed by atoms with Gasteiger partial charge in [0.1, 0.15) is 0 Å². The van der Waals surface area contributed by atoms with Gasteiger partial charge in [0.2, 0.25) is 5.78 Å². The second kappa shape index (κ2) is 6.61. The van der Waals surface area contributed by atoms with E-state index in [2.05, 4.69) is 4.98 Å². The summed E-state index contributed by atoms with van der Waals surface area (Å²) >= 11 is 0. The number of nitrogens with one attached hydrogen (secondary N) is 1. The van der Waals surface area contributed by atoms with Crippen molar-refractivity contribution < 1.29 is 19.1 Å². The minimum absolute atomic E-state index is 0.0349. The molecule has 0 aliphatic heterocycles. The number of rotatable bonds is 5. The van der Waals surface area contributed by atoms with Crippen molar-refractivity contribution in [3.63, 3.8) is 0 Å². The molecule has 5 heteroatoms. The lowest BCUT2D eigenvalue weighted by Crippen LogP contribution is -2.49. The van der Waals surface area contributed by atoms with Gasteiger partial charge in [0.05, 0.1) is 11.6 Å². The average Bonchev–Trinajstić information content (AvgIpc) is 2.87. The van der Waals surface area contributed by atoms with Gasteiger partial charge in [-0.15, -0.1) is 0 Å². The van der Waals surface area contributed by atoms with Crippen molar-refractivity contribution in [3.8, 4) is 0 Å². The van der Waals surface area contributed by atoms with E-state index in [0.717, 1.165) is 37.5 Å². The van der Waals surface area contributed by atoms with Crippen molar-refractivity contribution in [1.29, 1.82) is 0 Å². The Balaban J connectivity index is 1.47. The molecule has 0 unspecified atom stereocenters. The SMILES string of the molecule is CC(=O)c1c(C)[nH]c(C(=O)[C@@H](C)OC(=O)C2C3CC4CC(C3)CC2C4)c1C. The van der Waals surface area contributed by atoms with Crippen LogP contribution in [0.2, 0.25) is 0 Å². The number of ether oxygens (including phenoxy) is 1. The number of aromatic amines is 1. The molecular formula is C22H29NO4. The van der Waals surface area contributed by atoms with Crippen LogP contribution in [0.15, 0.2) is 0 Å². The van der Waals surface area contributed by atoms with Crippen molar-refractivity contribution in [1.82, 2.24) is 4.98 Å². The van der Waals surface area contributed by atoms with Crippen LogP contribution in [0.5, 0.6) is 0 Å². The Hall–Kier alpha value is -1.91. The molecule has 0 spiro atoms. The Kier molecular flexibility index (Phi) is 4.52. The van der Waals surface area contributed by atoms with Gasteiger partial charge in [-0.1, -0.05) is 0 Å². The molecule has 4 bridgehead atoms. The topological polar surface area (TPSA) is 76.2 Å². The lowest BCUT2D eigenvalue weighted by Gasteiger charge is -2.53. The van der Waals surface area contributed by atoms with Gasteiger partial charge in [-0.2, -0.15) is 0 Å². The Morgan fingerprint density at radius 3 is 2.04 bits per heavy atom. The first-order chi connectivity index (χ1) is 12.8. The molecule has 4 aliphatic carbocycles. The van der Waals surface area contributed by atoms with Crippen LogP contribution in [0.3, 0.4) is 0 Å². The van der Waals surface area contributed by atoms with E-state index in [9.17, 15) is 14.4 Å². The van der Waals surface area contributed by atoms with Crippen LogP contribution in [0, 0.1) is 43.4 Å². The first-order valence-corrected chi connectivity index (χ1v) is 10.2. The molecule has 0 saturated heterocycles. The van der Waals surface area contributed by atoms with E-state index in [-0.39, 0.29) is 23.5 Å². The van der Waals surface area contributed by atoms with E-state index in [0.29, 0.717) is 34.4 Å². The van der Waals surface area contributed by atoms with Crippen LogP contribution in [0.4, 0.5) is 0 Å². The number of ketones is 2. The molecule has 5 nitrogen and oxygen atoms in total. The largest absolute Gasteiger partial charge is 0.454 e. The maximum absolute atomic E-state index is 12.9. The summed E-state index contributed by atoms with van der Waals surface area (Å²) in [5.41, 5.74) is 2.26. The maximum atomic E-state index is 12.9. The van der Waals surface area contributed by atoms with Crippen molar-refractivity contribution in [2.45, 2.75) is 65.9 Å². The van der Waals surface area contributed by atoms with Gasteiger partial charge in [0.15, 0.2) is 11.9 Å². The second-order valence-electron chi connectivity index (χ2n) is 9.08. The van der Waals surface area contributed by atoms with E-state index < -0.39 is 6.10 Å². The van der Waals surface area contributed by atoms with Crippen molar-refractivity contribution in [2.75, 3.05) is 0 Å². The summed E-state index contributed by atoms with van der Waals surface area (Å²) in [7, 11) is 0. The number of carbonyl (C=O) groups is 3. The normalized spacial score (nSPS) is 32.4. The molecule has 0 amide bonds. The molecular weight excluding hydrogens is 342 g/mol. The number of hydrogen-bond donors (Lipinski definition) is 1. The number of Topliss-reactive ketones (excluding diaryl/α,β-unsaturated/α-hetero) is 2. The number of esters is 1. The third kappa shape index (κ3) is 3.05. The molecule has 1 atom stereocenters. The third-order valence-corrected chi connectivity index (χ3v) is 7.20. The van der Waals surface area contributed by atoms with Crippen molar-refractivity contribution in [2.24, 2.45) is 29.6 Å². The van der Waals surface area contributed by atoms with E-state index >= 15 is 0 Å². The number of H-pyrrole nitrogens is 1. The summed E-state index contributed by atoms with van der Waals surface area (Å²) in [5, 5.41) is 0. The summed E-state index contributed by atoms with van der Waals surface area (Å²) in [6, 6.07) is 0. The molecule has 1 heterocycles. The highest BCUT2D eigenvalue weighted by atomic mass is 16.5. The monoisotopic (exact) mass is 371 g/mol. The zero-order chi connectivity index (χ0) is 19.5. The lowest BCUT2D eigenvalue weighted by molar-refractivity contribution is -0.165. The fourth-order valence-electron chi connectivity index (χ4n) is 6.34. The van der Waals surface area contributed by atoms with Crippen molar-refractivity contribution in [3.05, 3.63) is 22.5 Å². The highest BCUT2D eigenvalue weighted by Gasteiger charge is 2.51. The Morgan fingerprint density at radius 1 is 1.00 bits per heavy atom. The maximum Gasteiger partial charge on any atom is 0.310 e. The molecule has 27 heavy (non-hydrogen) atoms. The summed E-state index contributed by atoms with van der Waals surface area (Å²) < 4.78 is 5.66. The zero-order valence-electron chi connectivity index (χ0n) is 16.6. The molecule has 146 valence electrons. The first kappa shape index (κ1) is 18.5. The molecule has 4 saturated carbocycles. The van der Waals surface area contributed by atoms with E-state index in [4.69, 9.17) is 4.74 Å². The molecule has 5 rings (SSSR count). The van der Waals surface area contributed by atoms with Gasteiger partial charge >= 0.3 is 5.97 Å². The van der Waals surface area contributed by atoms with E-state index in [1.807, 2.05) is 0 Å². The lowest BCUT2D eigenvalue weighted by atomic mass is 9.52. The molecule has 1 aromatic rings. The zero-order valence-corrected chi connectivity index (χ0v) is 16.6. The summed E-state index contributed by atoms with van der Waals surface area (Å²) in [5.74, 6) is 1.91. The van der Waals surface area contributed by atoms with E-state index in [1.165, 1.54) is 13.3 Å². The highest BCUT2D eigenvalue weighted by molar-refractivity contribution is 6.05. The van der Waals surface area contributed by atoms with Crippen molar-refractivity contribution >= 4 is 17.5 Å². The minimum atomic E-state index is -0.841. The highest BCUT2D eigenvalue weighted by Crippen LogP contribution is 2.56. The van der Waals surface area contributed by atoms with Gasteiger partial charge in [0.25, 0.3) is 0 Å². The van der Waals surface area contributed by atoms with Gasteiger partial charge in [-0.25, -0.2) is 0 Å². The van der Waals surface area contributed by atoms with Gasteiger partial charge in [-0.3, -0.25) is 14.4 Å². The molecule has 4 fully saturated rings. The smallest absolute Gasteiger partial charge is 0.310 e. The predicted octanol–water partition coefficient (Wildman–Crippen LogP) is 4.02.